The van der Waals surface area contributed by atoms with Gasteiger partial charge >= 0.3 is 0 Å². The van der Waals surface area contributed by atoms with Crippen LogP contribution in [0.4, 0.5) is 4.39 Å². The zero-order valence-corrected chi connectivity index (χ0v) is 7.26. The Kier molecular flexibility index (Phi) is 3.23. The number of nitrogens with two attached hydrogens (primary N) is 1. The molecule has 0 saturated heterocycles. The zero-order chi connectivity index (χ0) is 8.97. The van der Waals surface area contributed by atoms with Gasteiger partial charge in [-0.15, -0.1) is 0 Å². The molecule has 0 bridgehead atoms. The summed E-state index contributed by atoms with van der Waals surface area (Å²) >= 11 is 0. The van der Waals surface area contributed by atoms with Crippen molar-refractivity contribution in [1.29, 1.82) is 0 Å². The summed E-state index contributed by atoms with van der Waals surface area (Å²) in [5.74, 6) is 0. The Morgan fingerprint density at radius 2 is 2.08 bits per heavy atom. The van der Waals surface area contributed by atoms with Crippen molar-refractivity contribution >= 4 is 0 Å². The molecule has 0 fully saturated rings. The van der Waals surface area contributed by atoms with E-state index in [1.165, 1.54) is 0 Å². The van der Waals surface area contributed by atoms with E-state index in [0.717, 1.165) is 17.5 Å². The fourth-order valence-electron chi connectivity index (χ4n) is 1.21. The summed E-state index contributed by atoms with van der Waals surface area (Å²) in [7, 11) is 0. The number of halogens is 1. The molecule has 0 radical (unpaired) electrons. The van der Waals surface area contributed by atoms with E-state index in [4.69, 9.17) is 5.73 Å². The first-order valence-corrected chi connectivity index (χ1v) is 4.11. The third-order valence-electron chi connectivity index (χ3n) is 1.70. The third-order valence-corrected chi connectivity index (χ3v) is 1.70. The molecule has 0 aliphatic heterocycles. The van der Waals surface area contributed by atoms with Crippen LogP contribution in [0.2, 0.25) is 0 Å². The van der Waals surface area contributed by atoms with Gasteiger partial charge in [0.25, 0.3) is 0 Å². The molecule has 1 atom stereocenters. The second-order valence-corrected chi connectivity index (χ2v) is 3.13. The number of hydrogen-bond acceptors (Lipinski definition) is 1. The highest BCUT2D eigenvalue weighted by atomic mass is 19.1. The minimum absolute atomic E-state index is 0.139. The van der Waals surface area contributed by atoms with Crippen LogP contribution in [0.1, 0.15) is 18.1 Å². The molecule has 0 aliphatic carbocycles. The summed E-state index contributed by atoms with van der Waals surface area (Å²) in [4.78, 5) is 0. The Balaban J connectivity index is 2.72. The molecule has 0 aliphatic rings. The molecule has 66 valence electrons. The second kappa shape index (κ2) is 4.21. The van der Waals surface area contributed by atoms with Crippen molar-refractivity contribution in [2.75, 3.05) is 0 Å². The molecule has 1 aromatic rings. The van der Waals surface area contributed by atoms with Gasteiger partial charge in [0.15, 0.2) is 0 Å². The van der Waals surface area contributed by atoms with Crippen molar-refractivity contribution in [3.8, 4) is 0 Å². The Bertz CT molecular complexity index is 245. The first kappa shape index (κ1) is 9.20. The largest absolute Gasteiger partial charge is 0.328 e. The van der Waals surface area contributed by atoms with Crippen LogP contribution in [0.15, 0.2) is 24.3 Å². The van der Waals surface area contributed by atoms with Crippen molar-refractivity contribution in [1.82, 2.24) is 0 Å². The first-order chi connectivity index (χ1) is 5.72. The average molecular weight is 167 g/mol. The van der Waals surface area contributed by atoms with E-state index in [1.54, 1.807) is 6.07 Å². The quantitative estimate of drug-likeness (QED) is 0.732. The van der Waals surface area contributed by atoms with Gasteiger partial charge in [-0.2, -0.15) is 0 Å². The molecular weight excluding hydrogens is 153 g/mol. The number of hydrogen-bond donors (Lipinski definition) is 1. The van der Waals surface area contributed by atoms with E-state index >= 15 is 0 Å². The van der Waals surface area contributed by atoms with Crippen molar-refractivity contribution in [2.45, 2.75) is 26.1 Å². The lowest BCUT2D eigenvalue weighted by Crippen LogP contribution is -2.17. The Morgan fingerprint density at radius 1 is 1.42 bits per heavy atom. The highest BCUT2D eigenvalue weighted by molar-refractivity contribution is 5.23. The van der Waals surface area contributed by atoms with E-state index < -0.39 is 6.67 Å². The SMILES string of the molecule is CC(N)Cc1cccc(CF)c1. The lowest BCUT2D eigenvalue weighted by atomic mass is 10.1. The maximum atomic E-state index is 12.2. The van der Waals surface area contributed by atoms with Gasteiger partial charge in [0.2, 0.25) is 0 Å². The zero-order valence-electron chi connectivity index (χ0n) is 7.26. The van der Waals surface area contributed by atoms with Crippen LogP contribution in [0, 0.1) is 0 Å². The van der Waals surface area contributed by atoms with Gasteiger partial charge in [-0.25, -0.2) is 4.39 Å². The van der Waals surface area contributed by atoms with Crippen LogP contribution < -0.4 is 5.73 Å². The molecule has 0 aromatic heterocycles. The van der Waals surface area contributed by atoms with E-state index in [-0.39, 0.29) is 6.04 Å². The molecule has 0 amide bonds. The number of benzene rings is 1. The van der Waals surface area contributed by atoms with Gasteiger partial charge in [-0.1, -0.05) is 24.3 Å². The predicted molar refractivity (Wildman–Crippen MR) is 48.6 cm³/mol. The van der Waals surface area contributed by atoms with Crippen molar-refractivity contribution in [3.05, 3.63) is 35.4 Å². The van der Waals surface area contributed by atoms with E-state index in [1.807, 2.05) is 25.1 Å². The van der Waals surface area contributed by atoms with Gasteiger partial charge in [0.05, 0.1) is 0 Å². The maximum Gasteiger partial charge on any atom is 0.115 e. The monoisotopic (exact) mass is 167 g/mol. The van der Waals surface area contributed by atoms with E-state index in [2.05, 4.69) is 0 Å². The molecule has 2 heteroatoms. The summed E-state index contributed by atoms with van der Waals surface area (Å²) in [6, 6.07) is 7.63. The predicted octanol–water partition coefficient (Wildman–Crippen LogP) is 2.05. The highest BCUT2D eigenvalue weighted by Crippen LogP contribution is 2.07. The molecular formula is C10H14FN. The molecule has 1 aromatic carbocycles. The normalized spacial score (nSPS) is 12.9. The van der Waals surface area contributed by atoms with Gasteiger partial charge < -0.3 is 5.73 Å². The summed E-state index contributed by atoms with van der Waals surface area (Å²) in [6.07, 6.45) is 0.813. The minimum atomic E-state index is -0.396. The van der Waals surface area contributed by atoms with Crippen LogP contribution in [0.3, 0.4) is 0 Å². The van der Waals surface area contributed by atoms with Gasteiger partial charge in [-0.05, 0) is 24.5 Å². The van der Waals surface area contributed by atoms with Crippen LogP contribution in [0.5, 0.6) is 0 Å². The Labute approximate surface area is 72.4 Å². The lowest BCUT2D eigenvalue weighted by molar-refractivity contribution is 0.485. The van der Waals surface area contributed by atoms with Crippen LogP contribution in [-0.4, -0.2) is 6.04 Å². The molecule has 2 N–H and O–H groups in total. The van der Waals surface area contributed by atoms with Gasteiger partial charge in [0, 0.05) is 6.04 Å². The summed E-state index contributed by atoms with van der Waals surface area (Å²) in [5, 5.41) is 0. The Hall–Kier alpha value is -0.890. The van der Waals surface area contributed by atoms with Crippen LogP contribution in [0.25, 0.3) is 0 Å². The van der Waals surface area contributed by atoms with Crippen molar-refractivity contribution in [2.24, 2.45) is 5.73 Å². The topological polar surface area (TPSA) is 26.0 Å². The minimum Gasteiger partial charge on any atom is -0.328 e. The third kappa shape index (κ3) is 2.62. The molecule has 1 nitrogen and oxygen atoms in total. The number of alkyl halides is 1. The fraction of sp³-hybridized carbons (Fsp3) is 0.400. The van der Waals surface area contributed by atoms with E-state index in [9.17, 15) is 4.39 Å². The molecule has 12 heavy (non-hydrogen) atoms. The standard InChI is InChI=1S/C10H14FN/c1-8(12)5-9-3-2-4-10(6-9)7-11/h2-4,6,8H,5,7,12H2,1H3. The second-order valence-electron chi connectivity index (χ2n) is 3.13. The fourth-order valence-corrected chi connectivity index (χ4v) is 1.21. The molecule has 0 saturated carbocycles. The first-order valence-electron chi connectivity index (χ1n) is 4.11. The van der Waals surface area contributed by atoms with Crippen LogP contribution in [-0.2, 0) is 13.1 Å². The smallest absolute Gasteiger partial charge is 0.115 e. The molecule has 0 heterocycles. The molecule has 0 spiro atoms. The van der Waals surface area contributed by atoms with Crippen molar-refractivity contribution < 1.29 is 4.39 Å². The average Bonchev–Trinajstić information content (AvgIpc) is 2.03. The summed E-state index contributed by atoms with van der Waals surface area (Å²) in [6.45, 7) is 1.55. The van der Waals surface area contributed by atoms with Crippen molar-refractivity contribution in [3.63, 3.8) is 0 Å². The summed E-state index contributed by atoms with van der Waals surface area (Å²) < 4.78 is 12.2. The lowest BCUT2D eigenvalue weighted by Gasteiger charge is -2.05. The maximum absolute atomic E-state index is 12.2. The highest BCUT2D eigenvalue weighted by Gasteiger charge is 1.98. The van der Waals surface area contributed by atoms with Crippen LogP contribution >= 0.6 is 0 Å². The summed E-state index contributed by atoms with van der Waals surface area (Å²) in [5.41, 5.74) is 7.46. The molecule has 1 rings (SSSR count). The molecule has 1 unspecified atom stereocenters. The van der Waals surface area contributed by atoms with E-state index in [0.29, 0.717) is 0 Å². The Morgan fingerprint density at radius 3 is 2.67 bits per heavy atom. The van der Waals surface area contributed by atoms with Gasteiger partial charge in [0.1, 0.15) is 6.67 Å². The van der Waals surface area contributed by atoms with Gasteiger partial charge in [-0.3, -0.25) is 0 Å². The number of rotatable bonds is 3.